The fourth-order valence-corrected chi connectivity index (χ4v) is 7.05. The molecule has 3 N–H and O–H groups in total. The van der Waals surface area contributed by atoms with E-state index in [0.717, 1.165) is 32.1 Å². The van der Waals surface area contributed by atoms with Crippen LogP contribution < -0.4 is 5.73 Å². The highest BCUT2D eigenvalue weighted by Gasteiger charge is 2.26. The van der Waals surface area contributed by atoms with Gasteiger partial charge in [0.2, 0.25) is 0 Å². The average Bonchev–Trinajstić information content (AvgIpc) is 3.11. The minimum absolute atomic E-state index is 0.0576. The van der Waals surface area contributed by atoms with Crippen molar-refractivity contribution < 1.29 is 37.6 Å². The summed E-state index contributed by atoms with van der Waals surface area (Å²) in [6.45, 7) is 3.71. The quantitative estimate of drug-likeness (QED) is 0.0356. The Kier molecular flexibility index (Phi) is 38.0. The lowest BCUT2D eigenvalue weighted by Gasteiger charge is -2.19. The summed E-state index contributed by atoms with van der Waals surface area (Å²) >= 11 is 0. The molecule has 0 heterocycles. The molecule has 304 valence electrons. The summed E-state index contributed by atoms with van der Waals surface area (Å²) in [5.41, 5.74) is 5.33. The molecule has 0 bridgehead atoms. The van der Waals surface area contributed by atoms with Crippen LogP contribution in [0.1, 0.15) is 219 Å². The second-order valence-corrected chi connectivity index (χ2v) is 16.0. The van der Waals surface area contributed by atoms with E-state index < -0.39 is 26.5 Å². The average molecular weight is 748 g/mol. The standard InChI is InChI=1S/C41H82NO8P/c1-3-5-7-9-11-12-13-14-15-16-17-18-19-20-21-22-23-24-25-26-28-30-32-34-41(44)50-39(38-49-51(45,46)48-36-35-42)37-47-40(43)33-31-29-27-10-8-6-4-2/h39H,3-38,42H2,1-2H3,(H,45,46). The SMILES string of the molecule is CCCCCCCCCCCCCCCCCCCCCCCCCC(=O)OC(COC(=O)CCCCCCCCC)COP(=O)(O)OCCN. The first-order valence-electron chi connectivity index (χ1n) is 21.5. The second-order valence-electron chi connectivity index (χ2n) is 14.6. The van der Waals surface area contributed by atoms with Crippen LogP contribution in [0.25, 0.3) is 0 Å². The number of hydrogen-bond donors (Lipinski definition) is 2. The molecule has 0 aromatic heterocycles. The Labute approximate surface area is 314 Å². The lowest BCUT2D eigenvalue weighted by Crippen LogP contribution is -2.29. The molecule has 0 fully saturated rings. The maximum Gasteiger partial charge on any atom is 0.472 e. The van der Waals surface area contributed by atoms with E-state index in [1.54, 1.807) is 0 Å². The Morgan fingerprint density at radius 1 is 0.510 bits per heavy atom. The van der Waals surface area contributed by atoms with E-state index in [-0.39, 0.29) is 38.6 Å². The van der Waals surface area contributed by atoms with Crippen LogP contribution in [0.5, 0.6) is 0 Å². The number of nitrogens with two attached hydrogens (primary N) is 1. The number of phosphoric ester groups is 1. The van der Waals surface area contributed by atoms with Gasteiger partial charge in [-0.2, -0.15) is 0 Å². The number of ether oxygens (including phenoxy) is 2. The van der Waals surface area contributed by atoms with Crippen LogP contribution in [-0.4, -0.2) is 49.3 Å². The lowest BCUT2D eigenvalue weighted by atomic mass is 10.0. The molecule has 0 rings (SSSR count). The molecular weight excluding hydrogens is 665 g/mol. The van der Waals surface area contributed by atoms with Gasteiger partial charge >= 0.3 is 19.8 Å². The number of rotatable bonds is 41. The monoisotopic (exact) mass is 748 g/mol. The fraction of sp³-hybridized carbons (Fsp3) is 0.951. The van der Waals surface area contributed by atoms with Gasteiger partial charge in [0, 0.05) is 19.4 Å². The van der Waals surface area contributed by atoms with Gasteiger partial charge < -0.3 is 20.1 Å². The Balaban J connectivity index is 3.92. The van der Waals surface area contributed by atoms with Gasteiger partial charge in [-0.1, -0.05) is 194 Å². The summed E-state index contributed by atoms with van der Waals surface area (Å²) in [5, 5.41) is 0. The van der Waals surface area contributed by atoms with E-state index >= 15 is 0 Å². The predicted octanol–water partition coefficient (Wildman–Crippen LogP) is 12.1. The normalized spacial score (nSPS) is 13.3. The Morgan fingerprint density at radius 3 is 1.20 bits per heavy atom. The third-order valence-corrected chi connectivity index (χ3v) is 10.5. The summed E-state index contributed by atoms with van der Waals surface area (Å²) in [7, 11) is -4.36. The number of carbonyl (C=O) groups is 2. The van der Waals surface area contributed by atoms with Gasteiger partial charge in [-0.3, -0.25) is 18.6 Å². The number of carbonyl (C=O) groups excluding carboxylic acids is 2. The maximum absolute atomic E-state index is 12.5. The van der Waals surface area contributed by atoms with Crippen LogP contribution in [0.3, 0.4) is 0 Å². The minimum atomic E-state index is -4.36. The zero-order valence-corrected chi connectivity index (χ0v) is 34.3. The smallest absolute Gasteiger partial charge is 0.462 e. The fourth-order valence-electron chi connectivity index (χ4n) is 6.28. The summed E-state index contributed by atoms with van der Waals surface area (Å²) in [6, 6.07) is 0. The van der Waals surface area contributed by atoms with Crippen molar-refractivity contribution in [1.29, 1.82) is 0 Å². The van der Waals surface area contributed by atoms with Crippen LogP contribution in [0.2, 0.25) is 0 Å². The van der Waals surface area contributed by atoms with Crippen molar-refractivity contribution in [2.45, 2.75) is 225 Å². The highest BCUT2D eigenvalue weighted by molar-refractivity contribution is 7.47. The van der Waals surface area contributed by atoms with Crippen LogP contribution in [0, 0.1) is 0 Å². The molecule has 0 saturated heterocycles. The highest BCUT2D eigenvalue weighted by Crippen LogP contribution is 2.43. The molecular formula is C41H82NO8P. The second kappa shape index (κ2) is 38.7. The van der Waals surface area contributed by atoms with Crippen molar-refractivity contribution in [2.24, 2.45) is 5.73 Å². The molecule has 0 saturated carbocycles. The van der Waals surface area contributed by atoms with Crippen LogP contribution in [0.4, 0.5) is 0 Å². The van der Waals surface area contributed by atoms with E-state index in [1.807, 2.05) is 0 Å². The van der Waals surface area contributed by atoms with Crippen molar-refractivity contribution >= 4 is 19.8 Å². The molecule has 10 heteroatoms. The Hall–Kier alpha value is -0.990. The molecule has 0 aliphatic rings. The van der Waals surface area contributed by atoms with Gasteiger partial charge in [0.15, 0.2) is 6.10 Å². The predicted molar refractivity (Wildman–Crippen MR) is 211 cm³/mol. The van der Waals surface area contributed by atoms with E-state index in [1.165, 1.54) is 154 Å². The molecule has 0 spiro atoms. The van der Waals surface area contributed by atoms with Crippen molar-refractivity contribution in [3.05, 3.63) is 0 Å². The van der Waals surface area contributed by atoms with Crippen LogP contribution in [-0.2, 0) is 32.7 Å². The molecule has 0 aromatic rings. The van der Waals surface area contributed by atoms with Crippen molar-refractivity contribution in [3.8, 4) is 0 Å². The topological polar surface area (TPSA) is 134 Å². The third kappa shape index (κ3) is 38.5. The Bertz CT molecular complexity index is 815. The van der Waals surface area contributed by atoms with Gasteiger partial charge in [0.25, 0.3) is 0 Å². The lowest BCUT2D eigenvalue weighted by molar-refractivity contribution is -0.161. The van der Waals surface area contributed by atoms with Gasteiger partial charge in [0.05, 0.1) is 13.2 Å². The zero-order valence-electron chi connectivity index (χ0n) is 33.4. The van der Waals surface area contributed by atoms with Gasteiger partial charge in [-0.15, -0.1) is 0 Å². The maximum atomic E-state index is 12.5. The molecule has 0 radical (unpaired) electrons. The number of unbranched alkanes of at least 4 members (excludes halogenated alkanes) is 28. The molecule has 51 heavy (non-hydrogen) atoms. The molecule has 2 unspecified atom stereocenters. The Morgan fingerprint density at radius 2 is 0.843 bits per heavy atom. The molecule has 0 amide bonds. The van der Waals surface area contributed by atoms with E-state index in [2.05, 4.69) is 13.8 Å². The molecule has 9 nitrogen and oxygen atoms in total. The van der Waals surface area contributed by atoms with E-state index in [0.29, 0.717) is 6.42 Å². The van der Waals surface area contributed by atoms with Crippen LogP contribution in [0.15, 0.2) is 0 Å². The van der Waals surface area contributed by atoms with E-state index in [4.69, 9.17) is 24.3 Å². The summed E-state index contributed by atoms with van der Waals surface area (Å²) < 4.78 is 32.6. The summed E-state index contributed by atoms with van der Waals surface area (Å²) in [4.78, 5) is 34.6. The molecule has 0 aliphatic carbocycles. The summed E-state index contributed by atoms with van der Waals surface area (Å²) in [6.07, 6.45) is 37.4. The van der Waals surface area contributed by atoms with Gasteiger partial charge in [0.1, 0.15) is 6.61 Å². The summed E-state index contributed by atoms with van der Waals surface area (Å²) in [5.74, 6) is -0.822. The molecule has 0 aromatic carbocycles. The van der Waals surface area contributed by atoms with Crippen molar-refractivity contribution in [1.82, 2.24) is 0 Å². The van der Waals surface area contributed by atoms with Crippen molar-refractivity contribution in [2.75, 3.05) is 26.4 Å². The van der Waals surface area contributed by atoms with Gasteiger partial charge in [-0.25, -0.2) is 4.57 Å². The van der Waals surface area contributed by atoms with Gasteiger partial charge in [-0.05, 0) is 12.8 Å². The first-order chi connectivity index (χ1) is 24.8. The largest absolute Gasteiger partial charge is 0.472 e. The van der Waals surface area contributed by atoms with Crippen molar-refractivity contribution in [3.63, 3.8) is 0 Å². The third-order valence-electron chi connectivity index (χ3n) is 9.49. The number of hydrogen-bond acceptors (Lipinski definition) is 8. The molecule has 2 atom stereocenters. The first kappa shape index (κ1) is 50.0. The van der Waals surface area contributed by atoms with E-state index in [9.17, 15) is 19.0 Å². The molecule has 0 aliphatic heterocycles. The highest BCUT2D eigenvalue weighted by atomic mass is 31.2. The minimum Gasteiger partial charge on any atom is -0.462 e. The zero-order chi connectivity index (χ0) is 37.5. The number of phosphoric acid groups is 1. The van der Waals surface area contributed by atoms with Crippen LogP contribution >= 0.6 is 7.82 Å². The first-order valence-corrected chi connectivity index (χ1v) is 23.0. The number of esters is 2.